The monoisotopic (exact) mass is 380 g/mol. The molecule has 0 saturated carbocycles. The van der Waals surface area contributed by atoms with Gasteiger partial charge in [-0.15, -0.1) is 0 Å². The van der Waals surface area contributed by atoms with Crippen molar-refractivity contribution in [1.29, 1.82) is 0 Å². The van der Waals surface area contributed by atoms with Gasteiger partial charge in [0.15, 0.2) is 0 Å². The van der Waals surface area contributed by atoms with Gasteiger partial charge in [-0.1, -0.05) is 35.4 Å². The first kappa shape index (κ1) is 18.0. The molecule has 0 radical (unpaired) electrons. The van der Waals surface area contributed by atoms with Crippen LogP contribution in [-0.4, -0.2) is 42.1 Å². The number of nitrogens with zero attached hydrogens (tertiary/aromatic N) is 2. The van der Waals surface area contributed by atoms with Crippen LogP contribution in [0.1, 0.15) is 21.5 Å². The van der Waals surface area contributed by atoms with Crippen molar-refractivity contribution in [2.75, 3.05) is 26.3 Å². The largest absolute Gasteiger partial charge is 0.378 e. The quantitative estimate of drug-likeness (QED) is 0.650. The molecular formula is C22H21ClN2O2. The number of benzene rings is 2. The standard InChI is InChI=1S/C22H21ClN2O2/c1-14-3-5-17(15(2)11-14)21-13-19(22(26)25-7-9-27-10-8-25)18-12-16(23)4-6-20(18)24-21/h3-6,11-13H,7-10H2,1-2H3. The highest BCUT2D eigenvalue weighted by Crippen LogP contribution is 2.30. The lowest BCUT2D eigenvalue weighted by Crippen LogP contribution is -2.40. The van der Waals surface area contributed by atoms with Gasteiger partial charge in [0.25, 0.3) is 5.91 Å². The fourth-order valence-electron chi connectivity index (χ4n) is 3.55. The van der Waals surface area contributed by atoms with Gasteiger partial charge < -0.3 is 9.64 Å². The van der Waals surface area contributed by atoms with E-state index in [1.54, 1.807) is 0 Å². The third-order valence-corrected chi connectivity index (χ3v) is 5.19. The summed E-state index contributed by atoms with van der Waals surface area (Å²) in [6.45, 7) is 6.47. The summed E-state index contributed by atoms with van der Waals surface area (Å²) in [6, 6.07) is 13.7. The fraction of sp³-hybridized carbons (Fsp3) is 0.273. The first-order chi connectivity index (χ1) is 13.0. The zero-order chi connectivity index (χ0) is 19.0. The van der Waals surface area contributed by atoms with Crippen LogP contribution in [0.4, 0.5) is 0 Å². The second kappa shape index (κ2) is 7.29. The van der Waals surface area contributed by atoms with Gasteiger partial charge in [-0.3, -0.25) is 4.79 Å². The number of amides is 1. The molecule has 2 heterocycles. The summed E-state index contributed by atoms with van der Waals surface area (Å²) in [4.78, 5) is 19.9. The summed E-state index contributed by atoms with van der Waals surface area (Å²) in [7, 11) is 0. The van der Waals surface area contributed by atoms with Crippen LogP contribution in [0.25, 0.3) is 22.2 Å². The van der Waals surface area contributed by atoms with Crippen molar-refractivity contribution in [3.05, 3.63) is 64.2 Å². The van der Waals surface area contributed by atoms with Gasteiger partial charge in [-0.25, -0.2) is 4.98 Å². The van der Waals surface area contributed by atoms with Crippen LogP contribution in [0.15, 0.2) is 42.5 Å². The number of ether oxygens (including phenoxy) is 1. The minimum atomic E-state index is -0.000943. The summed E-state index contributed by atoms with van der Waals surface area (Å²) in [5.74, 6) is -0.000943. The van der Waals surface area contributed by atoms with E-state index in [0.717, 1.165) is 27.7 Å². The van der Waals surface area contributed by atoms with E-state index in [9.17, 15) is 4.79 Å². The Labute approximate surface area is 163 Å². The Bertz CT molecular complexity index is 1030. The zero-order valence-corrected chi connectivity index (χ0v) is 16.2. The van der Waals surface area contributed by atoms with Crippen LogP contribution in [0.2, 0.25) is 5.02 Å². The molecule has 1 aromatic heterocycles. The van der Waals surface area contributed by atoms with Crippen molar-refractivity contribution in [1.82, 2.24) is 9.88 Å². The molecule has 0 bridgehead atoms. The van der Waals surface area contributed by atoms with Gasteiger partial charge in [0.2, 0.25) is 0 Å². The number of hydrogen-bond donors (Lipinski definition) is 0. The number of halogens is 1. The SMILES string of the molecule is Cc1ccc(-c2cc(C(=O)N3CCOCC3)c3cc(Cl)ccc3n2)c(C)c1. The molecule has 1 saturated heterocycles. The average molecular weight is 381 g/mol. The lowest BCUT2D eigenvalue weighted by atomic mass is 9.99. The van der Waals surface area contributed by atoms with Gasteiger partial charge in [-0.2, -0.15) is 0 Å². The summed E-state index contributed by atoms with van der Waals surface area (Å²) in [5.41, 5.74) is 5.59. The summed E-state index contributed by atoms with van der Waals surface area (Å²) >= 11 is 6.21. The molecular weight excluding hydrogens is 360 g/mol. The number of carbonyl (C=O) groups excluding carboxylic acids is 1. The van der Waals surface area contributed by atoms with E-state index in [0.29, 0.717) is 36.9 Å². The van der Waals surface area contributed by atoms with Gasteiger partial charge in [0, 0.05) is 29.1 Å². The van der Waals surface area contributed by atoms with Crippen molar-refractivity contribution < 1.29 is 9.53 Å². The number of morpholine rings is 1. The number of carbonyl (C=O) groups is 1. The summed E-state index contributed by atoms with van der Waals surface area (Å²) in [6.07, 6.45) is 0. The van der Waals surface area contributed by atoms with E-state index in [1.165, 1.54) is 5.56 Å². The van der Waals surface area contributed by atoms with Crippen LogP contribution >= 0.6 is 11.6 Å². The van der Waals surface area contributed by atoms with Crippen LogP contribution in [0, 0.1) is 13.8 Å². The number of aromatic nitrogens is 1. The first-order valence-electron chi connectivity index (χ1n) is 9.08. The van der Waals surface area contributed by atoms with Gasteiger partial charge in [0.1, 0.15) is 0 Å². The molecule has 5 heteroatoms. The molecule has 1 aliphatic rings. The van der Waals surface area contributed by atoms with Crippen LogP contribution in [0.3, 0.4) is 0 Å². The molecule has 0 unspecified atom stereocenters. The van der Waals surface area contributed by atoms with E-state index in [4.69, 9.17) is 21.3 Å². The molecule has 4 rings (SSSR count). The maximum absolute atomic E-state index is 13.2. The average Bonchev–Trinajstić information content (AvgIpc) is 2.67. The first-order valence-corrected chi connectivity index (χ1v) is 9.46. The topological polar surface area (TPSA) is 42.4 Å². The molecule has 0 aliphatic carbocycles. The molecule has 0 N–H and O–H groups in total. The van der Waals surface area contributed by atoms with E-state index < -0.39 is 0 Å². The highest BCUT2D eigenvalue weighted by Gasteiger charge is 2.22. The smallest absolute Gasteiger partial charge is 0.254 e. The third kappa shape index (κ3) is 3.55. The summed E-state index contributed by atoms with van der Waals surface area (Å²) < 4.78 is 5.38. The zero-order valence-electron chi connectivity index (χ0n) is 15.5. The molecule has 2 aromatic carbocycles. The highest BCUT2D eigenvalue weighted by molar-refractivity contribution is 6.31. The molecule has 0 atom stereocenters. The predicted octanol–water partition coefficient (Wildman–Crippen LogP) is 4.64. The minimum Gasteiger partial charge on any atom is -0.378 e. The van der Waals surface area contributed by atoms with Crippen LogP contribution in [-0.2, 0) is 4.74 Å². The molecule has 138 valence electrons. The van der Waals surface area contributed by atoms with E-state index >= 15 is 0 Å². The van der Waals surface area contributed by atoms with E-state index in [1.807, 2.05) is 29.2 Å². The molecule has 1 aliphatic heterocycles. The second-order valence-electron chi connectivity index (χ2n) is 6.94. The van der Waals surface area contributed by atoms with Crippen molar-refractivity contribution in [3.8, 4) is 11.3 Å². The molecule has 0 spiro atoms. The van der Waals surface area contributed by atoms with E-state index in [2.05, 4.69) is 32.0 Å². The van der Waals surface area contributed by atoms with Crippen LogP contribution < -0.4 is 0 Å². The van der Waals surface area contributed by atoms with Crippen LogP contribution in [0.5, 0.6) is 0 Å². The Hall–Kier alpha value is -2.43. The Morgan fingerprint density at radius 2 is 1.85 bits per heavy atom. The Morgan fingerprint density at radius 1 is 1.07 bits per heavy atom. The molecule has 4 nitrogen and oxygen atoms in total. The van der Waals surface area contributed by atoms with Gasteiger partial charge >= 0.3 is 0 Å². The maximum Gasteiger partial charge on any atom is 0.254 e. The lowest BCUT2D eigenvalue weighted by Gasteiger charge is -2.27. The molecule has 27 heavy (non-hydrogen) atoms. The third-order valence-electron chi connectivity index (χ3n) is 4.96. The van der Waals surface area contributed by atoms with Gasteiger partial charge in [0.05, 0.1) is 30.0 Å². The van der Waals surface area contributed by atoms with Crippen molar-refractivity contribution in [2.24, 2.45) is 0 Å². The second-order valence-corrected chi connectivity index (χ2v) is 7.38. The lowest BCUT2D eigenvalue weighted by molar-refractivity contribution is 0.0304. The number of pyridine rings is 1. The van der Waals surface area contributed by atoms with Crippen molar-refractivity contribution >= 4 is 28.4 Å². The highest BCUT2D eigenvalue weighted by atomic mass is 35.5. The predicted molar refractivity (Wildman–Crippen MR) is 108 cm³/mol. The minimum absolute atomic E-state index is 0.000943. The normalized spacial score (nSPS) is 14.6. The molecule has 1 amide bonds. The van der Waals surface area contributed by atoms with Crippen molar-refractivity contribution in [3.63, 3.8) is 0 Å². The number of rotatable bonds is 2. The summed E-state index contributed by atoms with van der Waals surface area (Å²) in [5, 5.41) is 1.38. The molecule has 1 fully saturated rings. The van der Waals surface area contributed by atoms with Gasteiger partial charge in [-0.05, 0) is 43.7 Å². The Morgan fingerprint density at radius 3 is 2.59 bits per heavy atom. The number of aryl methyl sites for hydroxylation is 2. The van der Waals surface area contributed by atoms with E-state index in [-0.39, 0.29) is 5.91 Å². The fourth-order valence-corrected chi connectivity index (χ4v) is 3.72. The Kier molecular flexibility index (Phi) is 4.85. The number of hydrogen-bond acceptors (Lipinski definition) is 3. The Balaban J connectivity index is 1.89. The maximum atomic E-state index is 13.2. The number of fused-ring (bicyclic) bond motifs is 1. The molecule has 3 aromatic rings. The van der Waals surface area contributed by atoms with Crippen molar-refractivity contribution in [2.45, 2.75) is 13.8 Å².